The zero-order valence-corrected chi connectivity index (χ0v) is 10.4. The quantitative estimate of drug-likeness (QED) is 0.756. The number of carbonyl (C=O) groups is 1. The highest BCUT2D eigenvalue weighted by atomic mass is 16.5. The van der Waals surface area contributed by atoms with Crippen LogP contribution in [0.4, 0.5) is 0 Å². The van der Waals surface area contributed by atoms with Crippen molar-refractivity contribution in [3.63, 3.8) is 0 Å². The van der Waals surface area contributed by atoms with Gasteiger partial charge in [-0.1, -0.05) is 19.1 Å². The number of nitrogens with one attached hydrogen (secondary N) is 1. The van der Waals surface area contributed by atoms with E-state index in [1.807, 2.05) is 24.3 Å². The van der Waals surface area contributed by atoms with Crippen molar-refractivity contribution in [2.24, 2.45) is 5.73 Å². The van der Waals surface area contributed by atoms with E-state index in [0.717, 1.165) is 24.3 Å². The molecule has 0 spiro atoms. The van der Waals surface area contributed by atoms with Crippen LogP contribution in [-0.2, 0) is 4.79 Å². The summed E-state index contributed by atoms with van der Waals surface area (Å²) < 4.78 is 5.17. The van der Waals surface area contributed by atoms with Crippen LogP contribution in [0.3, 0.4) is 0 Å². The van der Waals surface area contributed by atoms with Crippen LogP contribution in [0.15, 0.2) is 24.3 Å². The number of rotatable bonds is 7. The lowest BCUT2D eigenvalue weighted by Gasteiger charge is -2.18. The molecule has 4 nitrogen and oxygen atoms in total. The predicted octanol–water partition coefficient (Wildman–Crippen LogP) is 1.61. The van der Waals surface area contributed by atoms with Gasteiger partial charge in [0.05, 0.1) is 7.11 Å². The van der Waals surface area contributed by atoms with Gasteiger partial charge in [0.1, 0.15) is 5.75 Å². The van der Waals surface area contributed by atoms with Crippen molar-refractivity contribution in [3.8, 4) is 5.75 Å². The fourth-order valence-electron chi connectivity index (χ4n) is 1.69. The Labute approximate surface area is 102 Å². The predicted molar refractivity (Wildman–Crippen MR) is 67.8 cm³/mol. The molecule has 0 aliphatic heterocycles. The van der Waals surface area contributed by atoms with Crippen molar-refractivity contribution >= 4 is 5.91 Å². The van der Waals surface area contributed by atoms with E-state index < -0.39 is 0 Å². The number of methoxy groups -OCH3 is 1. The summed E-state index contributed by atoms with van der Waals surface area (Å²) >= 11 is 0. The Morgan fingerprint density at radius 2 is 2.29 bits per heavy atom. The van der Waals surface area contributed by atoms with Gasteiger partial charge < -0.3 is 15.8 Å². The van der Waals surface area contributed by atoms with E-state index in [-0.39, 0.29) is 11.9 Å². The number of primary amides is 1. The third kappa shape index (κ3) is 4.44. The molecule has 4 heteroatoms. The normalized spacial score (nSPS) is 12.1. The maximum absolute atomic E-state index is 11.1. The molecule has 1 unspecified atom stereocenters. The molecule has 0 radical (unpaired) electrons. The molecule has 0 fully saturated rings. The summed E-state index contributed by atoms with van der Waals surface area (Å²) in [6, 6.07) is 7.65. The first-order valence-electron chi connectivity index (χ1n) is 5.83. The van der Waals surface area contributed by atoms with Crippen LogP contribution >= 0.6 is 0 Å². The molecular formula is C13H20N2O2. The number of benzene rings is 1. The summed E-state index contributed by atoms with van der Waals surface area (Å²) in [5.74, 6) is 0.483. The smallest absolute Gasteiger partial charge is 0.219 e. The van der Waals surface area contributed by atoms with Crippen LogP contribution in [0.5, 0.6) is 5.75 Å². The standard InChI is InChI=1S/C13H20N2O2/c1-3-7-15-12(9-13(14)16)10-5-4-6-11(8-10)17-2/h4-6,8,12,15H,3,7,9H2,1-2H3,(H2,14,16). The first kappa shape index (κ1) is 13.5. The molecule has 1 aromatic rings. The minimum atomic E-state index is -0.304. The Morgan fingerprint density at radius 1 is 1.53 bits per heavy atom. The Hall–Kier alpha value is -1.55. The monoisotopic (exact) mass is 236 g/mol. The summed E-state index contributed by atoms with van der Waals surface area (Å²) in [6.45, 7) is 2.94. The lowest BCUT2D eigenvalue weighted by atomic mass is 10.0. The fraction of sp³-hybridized carbons (Fsp3) is 0.462. The van der Waals surface area contributed by atoms with Gasteiger partial charge in [-0.2, -0.15) is 0 Å². The van der Waals surface area contributed by atoms with Crippen molar-refractivity contribution in [2.75, 3.05) is 13.7 Å². The molecule has 1 aromatic carbocycles. The van der Waals surface area contributed by atoms with Gasteiger partial charge >= 0.3 is 0 Å². The highest BCUT2D eigenvalue weighted by Gasteiger charge is 2.13. The molecule has 0 saturated heterocycles. The summed E-state index contributed by atoms with van der Waals surface area (Å²) in [5.41, 5.74) is 6.29. The number of nitrogens with two attached hydrogens (primary N) is 1. The molecule has 1 atom stereocenters. The van der Waals surface area contributed by atoms with Crippen LogP contribution in [0.1, 0.15) is 31.4 Å². The third-order valence-corrected chi connectivity index (χ3v) is 2.54. The highest BCUT2D eigenvalue weighted by molar-refractivity contribution is 5.74. The van der Waals surface area contributed by atoms with Crippen LogP contribution in [-0.4, -0.2) is 19.6 Å². The van der Waals surface area contributed by atoms with Crippen molar-refractivity contribution in [2.45, 2.75) is 25.8 Å². The number of ether oxygens (including phenoxy) is 1. The van der Waals surface area contributed by atoms with Crippen LogP contribution in [0.25, 0.3) is 0 Å². The Morgan fingerprint density at radius 3 is 2.88 bits per heavy atom. The Kier molecular flexibility index (Phi) is 5.49. The van der Waals surface area contributed by atoms with Crippen molar-refractivity contribution in [1.29, 1.82) is 0 Å². The lowest BCUT2D eigenvalue weighted by Crippen LogP contribution is -2.27. The zero-order valence-electron chi connectivity index (χ0n) is 10.4. The molecule has 0 saturated carbocycles. The van der Waals surface area contributed by atoms with Crippen LogP contribution in [0, 0.1) is 0 Å². The van der Waals surface area contributed by atoms with E-state index in [1.165, 1.54) is 0 Å². The molecule has 1 rings (SSSR count). The second-order valence-electron chi connectivity index (χ2n) is 3.95. The van der Waals surface area contributed by atoms with E-state index in [4.69, 9.17) is 10.5 Å². The lowest BCUT2D eigenvalue weighted by molar-refractivity contribution is -0.118. The molecule has 0 aliphatic rings. The minimum absolute atomic E-state index is 0.0393. The molecule has 94 valence electrons. The summed E-state index contributed by atoms with van der Waals surface area (Å²) in [5, 5.41) is 3.31. The van der Waals surface area contributed by atoms with Gasteiger partial charge in [0.25, 0.3) is 0 Å². The third-order valence-electron chi connectivity index (χ3n) is 2.54. The SMILES string of the molecule is CCCNC(CC(N)=O)c1cccc(OC)c1. The molecule has 0 aromatic heterocycles. The topological polar surface area (TPSA) is 64.3 Å². The zero-order chi connectivity index (χ0) is 12.7. The number of hydrogen-bond donors (Lipinski definition) is 2. The summed E-state index contributed by atoms with van der Waals surface area (Å²) in [7, 11) is 1.63. The molecule has 0 heterocycles. The second-order valence-corrected chi connectivity index (χ2v) is 3.95. The first-order valence-corrected chi connectivity index (χ1v) is 5.83. The fourth-order valence-corrected chi connectivity index (χ4v) is 1.69. The van der Waals surface area contributed by atoms with E-state index in [0.29, 0.717) is 6.42 Å². The van der Waals surface area contributed by atoms with Gasteiger partial charge in [0.2, 0.25) is 5.91 Å². The molecule has 17 heavy (non-hydrogen) atoms. The average molecular weight is 236 g/mol. The van der Waals surface area contributed by atoms with Gasteiger partial charge in [0.15, 0.2) is 0 Å². The summed E-state index contributed by atoms with van der Waals surface area (Å²) in [6.07, 6.45) is 1.31. The first-order chi connectivity index (χ1) is 8.17. The number of hydrogen-bond acceptors (Lipinski definition) is 3. The maximum atomic E-state index is 11.1. The summed E-state index contributed by atoms with van der Waals surface area (Å²) in [4.78, 5) is 11.1. The molecule has 0 bridgehead atoms. The van der Waals surface area contributed by atoms with Crippen molar-refractivity contribution in [1.82, 2.24) is 5.32 Å². The van der Waals surface area contributed by atoms with Gasteiger partial charge in [0, 0.05) is 12.5 Å². The van der Waals surface area contributed by atoms with Gasteiger partial charge in [-0.3, -0.25) is 4.79 Å². The number of amides is 1. The van der Waals surface area contributed by atoms with Gasteiger partial charge in [-0.25, -0.2) is 0 Å². The van der Waals surface area contributed by atoms with E-state index in [9.17, 15) is 4.79 Å². The molecule has 1 amide bonds. The Bertz CT molecular complexity index is 366. The van der Waals surface area contributed by atoms with Crippen molar-refractivity contribution in [3.05, 3.63) is 29.8 Å². The minimum Gasteiger partial charge on any atom is -0.497 e. The largest absolute Gasteiger partial charge is 0.497 e. The maximum Gasteiger partial charge on any atom is 0.219 e. The second kappa shape index (κ2) is 6.91. The average Bonchev–Trinajstić information content (AvgIpc) is 2.34. The number of carbonyl (C=O) groups excluding carboxylic acids is 1. The van der Waals surface area contributed by atoms with E-state index in [1.54, 1.807) is 7.11 Å². The van der Waals surface area contributed by atoms with Gasteiger partial charge in [-0.05, 0) is 30.7 Å². The molecule has 3 N–H and O–H groups in total. The van der Waals surface area contributed by atoms with Crippen molar-refractivity contribution < 1.29 is 9.53 Å². The van der Waals surface area contributed by atoms with Crippen LogP contribution in [0.2, 0.25) is 0 Å². The molecular weight excluding hydrogens is 216 g/mol. The Balaban J connectivity index is 2.82. The van der Waals surface area contributed by atoms with E-state index in [2.05, 4.69) is 12.2 Å². The highest BCUT2D eigenvalue weighted by Crippen LogP contribution is 2.21. The van der Waals surface area contributed by atoms with Crippen LogP contribution < -0.4 is 15.8 Å². The molecule has 0 aliphatic carbocycles. The van der Waals surface area contributed by atoms with E-state index >= 15 is 0 Å². The van der Waals surface area contributed by atoms with Gasteiger partial charge in [-0.15, -0.1) is 0 Å².